The summed E-state index contributed by atoms with van der Waals surface area (Å²) < 4.78 is 0. The van der Waals surface area contributed by atoms with Crippen molar-refractivity contribution in [2.45, 2.75) is 44.6 Å². The molecule has 1 atom stereocenters. The molecule has 0 saturated heterocycles. The average molecular weight is 450 g/mol. The van der Waals surface area contributed by atoms with Crippen LogP contribution in [-0.2, 0) is 0 Å². The first kappa shape index (κ1) is 20.7. The van der Waals surface area contributed by atoms with E-state index in [0.29, 0.717) is 5.92 Å². The highest BCUT2D eigenvalue weighted by atomic mass is 127. The normalized spacial score (nSPS) is 17.1. The van der Waals surface area contributed by atoms with Crippen LogP contribution in [0.1, 0.15) is 43.4 Å². The van der Waals surface area contributed by atoms with Gasteiger partial charge in [-0.05, 0) is 31.3 Å². The van der Waals surface area contributed by atoms with E-state index >= 15 is 0 Å². The number of rotatable bonds is 7. The third-order valence-electron chi connectivity index (χ3n) is 4.53. The number of hydrogen-bond acceptors (Lipinski definition) is 3. The zero-order valence-corrected chi connectivity index (χ0v) is 17.7. The predicted octanol–water partition coefficient (Wildman–Crippen LogP) is 3.51. The van der Waals surface area contributed by atoms with E-state index in [1.807, 2.05) is 18.4 Å². The second kappa shape index (κ2) is 11.3. The number of guanidine groups is 1. The molecule has 1 heterocycles. The number of aliphatic imine (C=N–C) groups is 1. The maximum Gasteiger partial charge on any atom is 0.191 e. The predicted molar refractivity (Wildman–Crippen MR) is 112 cm³/mol. The van der Waals surface area contributed by atoms with Crippen molar-refractivity contribution in [3.63, 3.8) is 0 Å². The zero-order valence-electron chi connectivity index (χ0n) is 14.5. The van der Waals surface area contributed by atoms with Crippen LogP contribution in [0.15, 0.2) is 22.5 Å². The van der Waals surface area contributed by atoms with Gasteiger partial charge in [0.1, 0.15) is 0 Å². The van der Waals surface area contributed by atoms with Crippen LogP contribution >= 0.6 is 35.3 Å². The van der Waals surface area contributed by atoms with E-state index in [-0.39, 0.29) is 24.0 Å². The topological polar surface area (TPSA) is 39.7 Å². The second-order valence-electron chi connectivity index (χ2n) is 6.22. The number of hydrogen-bond donors (Lipinski definition) is 2. The van der Waals surface area contributed by atoms with E-state index in [1.165, 1.54) is 30.6 Å². The van der Waals surface area contributed by atoms with E-state index in [0.717, 1.165) is 31.6 Å². The summed E-state index contributed by atoms with van der Waals surface area (Å²) in [6.45, 7) is 5.19. The SMILES string of the molecule is CN=C(NCCN(C)C1CCCC1)NCC(C)c1cccs1.I. The molecule has 2 N–H and O–H groups in total. The Morgan fingerprint density at radius 2 is 2.13 bits per heavy atom. The Balaban J connectivity index is 0.00000264. The van der Waals surface area contributed by atoms with Gasteiger partial charge in [-0.25, -0.2) is 0 Å². The summed E-state index contributed by atoms with van der Waals surface area (Å²) in [7, 11) is 4.08. The monoisotopic (exact) mass is 450 g/mol. The summed E-state index contributed by atoms with van der Waals surface area (Å²) in [5.41, 5.74) is 0. The van der Waals surface area contributed by atoms with Gasteiger partial charge in [0.15, 0.2) is 5.96 Å². The van der Waals surface area contributed by atoms with Gasteiger partial charge >= 0.3 is 0 Å². The maximum absolute atomic E-state index is 4.32. The quantitative estimate of drug-likeness (QED) is 0.380. The fourth-order valence-corrected chi connectivity index (χ4v) is 3.81. The molecule has 1 fully saturated rings. The van der Waals surface area contributed by atoms with Gasteiger partial charge in [-0.1, -0.05) is 25.8 Å². The molecule has 0 radical (unpaired) electrons. The van der Waals surface area contributed by atoms with Gasteiger partial charge in [0, 0.05) is 43.5 Å². The first-order valence-electron chi connectivity index (χ1n) is 8.39. The smallest absolute Gasteiger partial charge is 0.191 e. The molecule has 0 aliphatic heterocycles. The molecule has 1 aromatic heterocycles. The first-order valence-corrected chi connectivity index (χ1v) is 9.27. The van der Waals surface area contributed by atoms with Crippen molar-refractivity contribution in [2.75, 3.05) is 33.7 Å². The standard InChI is InChI=1S/C17H30N4S.HI/c1-14(16-9-6-12-22-16)13-20-17(18-2)19-10-11-21(3)15-7-4-5-8-15;/h6,9,12,14-15H,4-5,7-8,10-11,13H2,1-3H3,(H2,18,19,20);1H. The molecule has 0 bridgehead atoms. The van der Waals surface area contributed by atoms with Crippen LogP contribution in [0, 0.1) is 0 Å². The van der Waals surface area contributed by atoms with Crippen LogP contribution in [0.2, 0.25) is 0 Å². The first-order chi connectivity index (χ1) is 10.7. The van der Waals surface area contributed by atoms with Gasteiger partial charge in [-0.2, -0.15) is 0 Å². The Kier molecular flexibility index (Phi) is 10.1. The molecule has 23 heavy (non-hydrogen) atoms. The lowest BCUT2D eigenvalue weighted by atomic mass is 10.1. The Bertz CT molecular complexity index is 443. The third kappa shape index (κ3) is 6.97. The van der Waals surface area contributed by atoms with Crippen LogP contribution in [0.25, 0.3) is 0 Å². The molecule has 1 aliphatic carbocycles. The summed E-state index contributed by atoms with van der Waals surface area (Å²) in [6.07, 6.45) is 5.52. The van der Waals surface area contributed by atoms with E-state index in [4.69, 9.17) is 0 Å². The number of nitrogens with zero attached hydrogens (tertiary/aromatic N) is 2. The average Bonchev–Trinajstić information content (AvgIpc) is 3.23. The minimum absolute atomic E-state index is 0. The van der Waals surface area contributed by atoms with Crippen molar-refractivity contribution in [2.24, 2.45) is 4.99 Å². The zero-order chi connectivity index (χ0) is 15.8. The highest BCUT2D eigenvalue weighted by Gasteiger charge is 2.18. The molecule has 0 aromatic carbocycles. The van der Waals surface area contributed by atoms with Crippen LogP contribution in [0.5, 0.6) is 0 Å². The molecular formula is C17H31IN4S. The molecule has 0 spiro atoms. The van der Waals surface area contributed by atoms with Gasteiger partial charge in [-0.3, -0.25) is 4.99 Å². The molecular weight excluding hydrogens is 419 g/mol. The van der Waals surface area contributed by atoms with Crippen molar-refractivity contribution >= 4 is 41.3 Å². The van der Waals surface area contributed by atoms with Crippen molar-refractivity contribution in [1.82, 2.24) is 15.5 Å². The Hall–Kier alpha value is -0.340. The number of halogens is 1. The molecule has 1 aromatic rings. The van der Waals surface area contributed by atoms with Crippen LogP contribution in [0.3, 0.4) is 0 Å². The minimum Gasteiger partial charge on any atom is -0.356 e. The van der Waals surface area contributed by atoms with E-state index in [1.54, 1.807) is 0 Å². The number of likely N-dealkylation sites (N-methyl/N-ethyl adjacent to an activating group) is 1. The lowest BCUT2D eigenvalue weighted by molar-refractivity contribution is 0.249. The Morgan fingerprint density at radius 3 is 2.74 bits per heavy atom. The van der Waals surface area contributed by atoms with Gasteiger partial charge in [0.2, 0.25) is 0 Å². The van der Waals surface area contributed by atoms with Gasteiger partial charge < -0.3 is 15.5 Å². The van der Waals surface area contributed by atoms with Gasteiger partial charge in [-0.15, -0.1) is 35.3 Å². The van der Waals surface area contributed by atoms with E-state index in [2.05, 4.69) is 52.0 Å². The molecule has 4 nitrogen and oxygen atoms in total. The number of nitrogens with one attached hydrogen (secondary N) is 2. The summed E-state index contributed by atoms with van der Waals surface area (Å²) >= 11 is 1.82. The maximum atomic E-state index is 4.32. The van der Waals surface area contributed by atoms with Gasteiger partial charge in [0.25, 0.3) is 0 Å². The molecule has 6 heteroatoms. The summed E-state index contributed by atoms with van der Waals surface area (Å²) in [5, 5.41) is 8.99. The lowest BCUT2D eigenvalue weighted by Gasteiger charge is -2.24. The largest absolute Gasteiger partial charge is 0.356 e. The molecule has 1 aliphatic rings. The molecule has 132 valence electrons. The second-order valence-corrected chi connectivity index (χ2v) is 7.19. The van der Waals surface area contributed by atoms with Crippen molar-refractivity contribution in [3.8, 4) is 0 Å². The van der Waals surface area contributed by atoms with E-state index in [9.17, 15) is 0 Å². The molecule has 2 rings (SSSR count). The highest BCUT2D eigenvalue weighted by molar-refractivity contribution is 14.0. The lowest BCUT2D eigenvalue weighted by Crippen LogP contribution is -2.43. The Morgan fingerprint density at radius 1 is 1.39 bits per heavy atom. The highest BCUT2D eigenvalue weighted by Crippen LogP contribution is 2.22. The molecule has 1 saturated carbocycles. The minimum atomic E-state index is 0. The van der Waals surface area contributed by atoms with E-state index < -0.39 is 0 Å². The van der Waals surface area contributed by atoms with Crippen molar-refractivity contribution in [1.29, 1.82) is 0 Å². The van der Waals surface area contributed by atoms with Crippen LogP contribution in [0.4, 0.5) is 0 Å². The van der Waals surface area contributed by atoms with Crippen molar-refractivity contribution < 1.29 is 0 Å². The Labute approximate surface area is 162 Å². The fourth-order valence-electron chi connectivity index (χ4n) is 3.02. The third-order valence-corrected chi connectivity index (χ3v) is 5.64. The van der Waals surface area contributed by atoms with Crippen LogP contribution in [-0.4, -0.2) is 50.6 Å². The van der Waals surface area contributed by atoms with Gasteiger partial charge in [0.05, 0.1) is 0 Å². The van der Waals surface area contributed by atoms with Crippen LogP contribution < -0.4 is 10.6 Å². The summed E-state index contributed by atoms with van der Waals surface area (Å²) in [6, 6.07) is 5.10. The number of thiophene rings is 1. The van der Waals surface area contributed by atoms with Crippen molar-refractivity contribution in [3.05, 3.63) is 22.4 Å². The molecule has 1 unspecified atom stereocenters. The fraction of sp³-hybridized carbons (Fsp3) is 0.706. The summed E-state index contributed by atoms with van der Waals surface area (Å²) in [4.78, 5) is 8.22. The summed E-state index contributed by atoms with van der Waals surface area (Å²) in [5.74, 6) is 1.42. The molecule has 0 amide bonds.